The van der Waals surface area contributed by atoms with E-state index in [4.69, 9.17) is 9.47 Å². The summed E-state index contributed by atoms with van der Waals surface area (Å²) in [7, 11) is 0. The van der Waals surface area contributed by atoms with Gasteiger partial charge in [-0.1, -0.05) is 0 Å². The number of hydrogen-bond acceptors (Lipinski definition) is 4. The number of likely N-dealkylation sites (tertiary alicyclic amines) is 1. The molecule has 0 aromatic carbocycles. The number of thiophene rings is 1. The fourth-order valence-electron chi connectivity index (χ4n) is 3.76. The second-order valence-electron chi connectivity index (χ2n) is 6.57. The third-order valence-corrected chi connectivity index (χ3v) is 6.12. The van der Waals surface area contributed by atoms with Gasteiger partial charge in [-0.15, -0.1) is 11.3 Å². The number of nitrogens with zero attached hydrogens (tertiary/aromatic N) is 1. The van der Waals surface area contributed by atoms with Gasteiger partial charge in [-0.2, -0.15) is 0 Å². The van der Waals surface area contributed by atoms with E-state index in [1.165, 1.54) is 10.4 Å². The SMILES string of the molecule is O=C(NC[C@H]1OCCc2sccc21)N1CC[C@@]2(CCOC2)C1. The average molecular weight is 322 g/mol. The number of rotatable bonds is 2. The molecule has 2 saturated heterocycles. The van der Waals surface area contributed by atoms with Gasteiger partial charge in [0, 0.05) is 43.0 Å². The van der Waals surface area contributed by atoms with Crippen molar-refractivity contribution in [3.8, 4) is 0 Å². The first kappa shape index (κ1) is 14.5. The maximum Gasteiger partial charge on any atom is 0.317 e. The van der Waals surface area contributed by atoms with Gasteiger partial charge in [0.2, 0.25) is 0 Å². The molecular weight excluding hydrogens is 300 g/mol. The maximum absolute atomic E-state index is 12.4. The third kappa shape index (κ3) is 2.64. The smallest absolute Gasteiger partial charge is 0.317 e. The van der Waals surface area contributed by atoms with Crippen LogP contribution >= 0.6 is 11.3 Å². The Labute approximate surface area is 134 Å². The Kier molecular flexibility index (Phi) is 3.84. The highest BCUT2D eigenvalue weighted by atomic mass is 32.1. The quantitative estimate of drug-likeness (QED) is 0.908. The Morgan fingerprint density at radius 3 is 3.27 bits per heavy atom. The molecule has 4 heterocycles. The van der Waals surface area contributed by atoms with Crippen LogP contribution in [0.2, 0.25) is 0 Å². The van der Waals surface area contributed by atoms with Crippen molar-refractivity contribution in [2.45, 2.75) is 25.4 Å². The number of fused-ring (bicyclic) bond motifs is 1. The molecule has 0 saturated carbocycles. The van der Waals surface area contributed by atoms with E-state index in [0.29, 0.717) is 6.54 Å². The molecule has 0 bridgehead atoms. The van der Waals surface area contributed by atoms with Crippen LogP contribution in [0.5, 0.6) is 0 Å². The highest BCUT2D eigenvalue weighted by molar-refractivity contribution is 7.10. The fraction of sp³-hybridized carbons (Fsp3) is 0.688. The molecule has 0 radical (unpaired) electrons. The number of carbonyl (C=O) groups is 1. The topological polar surface area (TPSA) is 50.8 Å². The lowest BCUT2D eigenvalue weighted by Crippen LogP contribution is -2.42. The summed E-state index contributed by atoms with van der Waals surface area (Å²) in [6, 6.07) is 2.16. The van der Waals surface area contributed by atoms with Crippen LogP contribution in [-0.4, -0.2) is 50.4 Å². The molecule has 6 heteroatoms. The van der Waals surface area contributed by atoms with E-state index in [2.05, 4.69) is 16.8 Å². The largest absolute Gasteiger partial charge is 0.381 e. The highest BCUT2D eigenvalue weighted by Gasteiger charge is 2.42. The summed E-state index contributed by atoms with van der Waals surface area (Å²) in [5.41, 5.74) is 1.47. The van der Waals surface area contributed by atoms with Gasteiger partial charge >= 0.3 is 6.03 Å². The molecule has 0 unspecified atom stereocenters. The summed E-state index contributed by atoms with van der Waals surface area (Å²) in [6.07, 6.45) is 3.15. The number of carbonyl (C=O) groups excluding carboxylic acids is 1. The molecule has 2 fully saturated rings. The fourth-order valence-corrected chi connectivity index (χ4v) is 4.68. The van der Waals surface area contributed by atoms with Crippen molar-refractivity contribution in [1.29, 1.82) is 0 Å². The van der Waals surface area contributed by atoms with E-state index in [0.717, 1.165) is 52.2 Å². The molecule has 3 aliphatic heterocycles. The van der Waals surface area contributed by atoms with Gasteiger partial charge in [0.15, 0.2) is 0 Å². The van der Waals surface area contributed by atoms with Crippen LogP contribution in [0, 0.1) is 5.41 Å². The Bertz CT molecular complexity index is 553. The summed E-state index contributed by atoms with van der Waals surface area (Å²) in [6.45, 7) is 4.62. The third-order valence-electron chi connectivity index (χ3n) is 5.12. The summed E-state index contributed by atoms with van der Waals surface area (Å²) in [4.78, 5) is 15.7. The van der Waals surface area contributed by atoms with Gasteiger partial charge in [0.05, 0.1) is 13.2 Å². The van der Waals surface area contributed by atoms with E-state index < -0.39 is 0 Å². The lowest BCUT2D eigenvalue weighted by molar-refractivity contribution is 0.0445. The molecule has 22 heavy (non-hydrogen) atoms. The van der Waals surface area contributed by atoms with Crippen molar-refractivity contribution in [3.63, 3.8) is 0 Å². The van der Waals surface area contributed by atoms with E-state index in [1.807, 2.05) is 4.90 Å². The van der Waals surface area contributed by atoms with Gasteiger partial charge in [0.1, 0.15) is 6.10 Å². The van der Waals surface area contributed by atoms with Crippen molar-refractivity contribution in [2.24, 2.45) is 5.41 Å². The zero-order valence-electron chi connectivity index (χ0n) is 12.7. The molecule has 3 aliphatic rings. The molecule has 4 rings (SSSR count). The molecule has 1 N–H and O–H groups in total. The van der Waals surface area contributed by atoms with E-state index in [1.54, 1.807) is 11.3 Å². The highest BCUT2D eigenvalue weighted by Crippen LogP contribution is 2.38. The van der Waals surface area contributed by atoms with E-state index in [9.17, 15) is 4.79 Å². The number of urea groups is 1. The van der Waals surface area contributed by atoms with Gasteiger partial charge in [-0.05, 0) is 29.9 Å². The first-order chi connectivity index (χ1) is 10.8. The molecule has 120 valence electrons. The molecule has 0 aliphatic carbocycles. The molecule has 2 atom stereocenters. The monoisotopic (exact) mass is 322 g/mol. The van der Waals surface area contributed by atoms with Crippen LogP contribution in [0.4, 0.5) is 4.79 Å². The number of nitrogens with one attached hydrogen (secondary N) is 1. The number of ether oxygens (including phenoxy) is 2. The minimum atomic E-state index is 0.00493. The number of amides is 2. The lowest BCUT2D eigenvalue weighted by atomic mass is 9.87. The molecule has 2 amide bonds. The molecule has 1 aromatic rings. The van der Waals surface area contributed by atoms with Crippen LogP contribution in [0.3, 0.4) is 0 Å². The van der Waals surface area contributed by atoms with Crippen molar-refractivity contribution >= 4 is 17.4 Å². The van der Waals surface area contributed by atoms with Crippen molar-refractivity contribution in [1.82, 2.24) is 10.2 Å². The normalized spacial score (nSPS) is 30.7. The van der Waals surface area contributed by atoms with Crippen LogP contribution in [0.25, 0.3) is 0 Å². The Hall–Kier alpha value is -1.11. The van der Waals surface area contributed by atoms with Crippen LogP contribution in [-0.2, 0) is 15.9 Å². The first-order valence-corrected chi connectivity index (χ1v) is 8.92. The first-order valence-electron chi connectivity index (χ1n) is 8.04. The summed E-state index contributed by atoms with van der Waals surface area (Å²) >= 11 is 1.78. The zero-order chi connectivity index (χ0) is 15.0. The van der Waals surface area contributed by atoms with Gasteiger partial charge in [-0.3, -0.25) is 0 Å². The molecule has 1 aromatic heterocycles. The van der Waals surface area contributed by atoms with Crippen LogP contribution in [0.1, 0.15) is 29.4 Å². The van der Waals surface area contributed by atoms with E-state index >= 15 is 0 Å². The van der Waals surface area contributed by atoms with Crippen molar-refractivity contribution in [2.75, 3.05) is 39.5 Å². The second-order valence-corrected chi connectivity index (χ2v) is 7.57. The minimum absolute atomic E-state index is 0.00493. The predicted octanol–water partition coefficient (Wildman–Crippen LogP) is 2.18. The average Bonchev–Trinajstić information content (AvgIpc) is 3.26. The van der Waals surface area contributed by atoms with Crippen molar-refractivity contribution in [3.05, 3.63) is 21.9 Å². The zero-order valence-corrected chi connectivity index (χ0v) is 13.5. The lowest BCUT2D eigenvalue weighted by Gasteiger charge is -2.26. The summed E-state index contributed by atoms with van der Waals surface area (Å²) in [5.74, 6) is 0. The predicted molar refractivity (Wildman–Crippen MR) is 84.2 cm³/mol. The van der Waals surface area contributed by atoms with Crippen molar-refractivity contribution < 1.29 is 14.3 Å². The van der Waals surface area contributed by atoms with Gasteiger partial charge in [-0.25, -0.2) is 4.79 Å². The summed E-state index contributed by atoms with van der Waals surface area (Å²) < 4.78 is 11.3. The van der Waals surface area contributed by atoms with E-state index in [-0.39, 0.29) is 17.6 Å². The van der Waals surface area contributed by atoms with Crippen LogP contribution in [0.15, 0.2) is 11.4 Å². The van der Waals surface area contributed by atoms with Gasteiger partial charge in [0.25, 0.3) is 0 Å². The van der Waals surface area contributed by atoms with Crippen LogP contribution < -0.4 is 5.32 Å². The minimum Gasteiger partial charge on any atom is -0.381 e. The molecular formula is C16H22N2O3S. The Morgan fingerprint density at radius 2 is 2.41 bits per heavy atom. The number of hydrogen-bond donors (Lipinski definition) is 1. The second kappa shape index (κ2) is 5.83. The summed E-state index contributed by atoms with van der Waals surface area (Å²) in [5, 5.41) is 5.17. The standard InChI is InChI=1S/C16H22N2O3S/c19-15(18-5-3-16(10-18)4-7-20-11-16)17-9-13-12-2-8-22-14(12)1-6-21-13/h2,8,13H,1,3-7,9-11H2,(H,17,19)/t13-,16-/m1/s1. The molecule has 5 nitrogen and oxygen atoms in total. The van der Waals surface area contributed by atoms with Gasteiger partial charge < -0.3 is 19.7 Å². The molecule has 1 spiro atoms. The maximum atomic E-state index is 12.4. The Morgan fingerprint density at radius 1 is 1.45 bits per heavy atom. The Balaban J connectivity index is 1.32.